The molecular formula is C15H21N3O3. The van der Waals surface area contributed by atoms with E-state index in [0.29, 0.717) is 24.6 Å². The van der Waals surface area contributed by atoms with Gasteiger partial charge in [-0.25, -0.2) is 0 Å². The Morgan fingerprint density at radius 2 is 2.24 bits per heavy atom. The number of carbonyl (C=O) groups excluding carboxylic acids is 1. The Labute approximate surface area is 124 Å². The van der Waals surface area contributed by atoms with E-state index in [1.165, 1.54) is 0 Å². The van der Waals surface area contributed by atoms with Crippen LogP contribution in [-0.2, 0) is 9.53 Å². The first-order valence-electron chi connectivity index (χ1n) is 7.22. The molecule has 1 aromatic rings. The molecule has 6 heteroatoms. The lowest BCUT2D eigenvalue weighted by atomic mass is 10.1. The highest BCUT2D eigenvalue weighted by Gasteiger charge is 2.34. The fourth-order valence-electron chi connectivity index (χ4n) is 2.80. The van der Waals surface area contributed by atoms with Crippen molar-refractivity contribution in [3.05, 3.63) is 18.2 Å². The van der Waals surface area contributed by atoms with Gasteiger partial charge in [0.2, 0.25) is 0 Å². The van der Waals surface area contributed by atoms with Crippen molar-refractivity contribution in [3.63, 3.8) is 0 Å². The minimum absolute atomic E-state index is 0.0170. The van der Waals surface area contributed by atoms with E-state index in [-0.39, 0.29) is 12.0 Å². The Balaban J connectivity index is 1.84. The third-order valence-electron chi connectivity index (χ3n) is 3.92. The summed E-state index contributed by atoms with van der Waals surface area (Å²) in [6.45, 7) is 4.74. The fourth-order valence-corrected chi connectivity index (χ4v) is 2.80. The lowest BCUT2D eigenvalue weighted by molar-refractivity contribution is -0.126. The summed E-state index contributed by atoms with van der Waals surface area (Å²) < 4.78 is 11.4. The Hall–Kier alpha value is -1.79. The number of hydrogen-bond donors (Lipinski definition) is 1. The van der Waals surface area contributed by atoms with Gasteiger partial charge in [0, 0.05) is 24.8 Å². The van der Waals surface area contributed by atoms with E-state index in [0.717, 1.165) is 18.8 Å². The van der Waals surface area contributed by atoms with Gasteiger partial charge in [0.15, 0.2) is 6.10 Å². The second-order valence-corrected chi connectivity index (χ2v) is 5.69. The monoisotopic (exact) mass is 291 g/mol. The summed E-state index contributed by atoms with van der Waals surface area (Å²) >= 11 is 0. The van der Waals surface area contributed by atoms with E-state index in [1.807, 2.05) is 6.07 Å². The van der Waals surface area contributed by atoms with E-state index < -0.39 is 6.10 Å². The molecule has 6 nitrogen and oxygen atoms in total. The Morgan fingerprint density at radius 3 is 3.00 bits per heavy atom. The van der Waals surface area contributed by atoms with Crippen LogP contribution >= 0.6 is 0 Å². The zero-order chi connectivity index (χ0) is 15.0. The van der Waals surface area contributed by atoms with Gasteiger partial charge in [-0.05, 0) is 26.1 Å². The molecule has 21 heavy (non-hydrogen) atoms. The number of anilines is 2. The van der Waals surface area contributed by atoms with Crippen LogP contribution in [0.1, 0.15) is 6.92 Å². The Kier molecular flexibility index (Phi) is 3.73. The van der Waals surface area contributed by atoms with Crippen molar-refractivity contribution in [1.82, 2.24) is 4.90 Å². The van der Waals surface area contributed by atoms with Crippen LogP contribution in [-0.4, -0.2) is 56.3 Å². The normalized spacial score (nSPS) is 26.4. The topological polar surface area (TPSA) is 68.0 Å². The molecule has 2 aliphatic rings. The number of nitrogens with two attached hydrogens (primary N) is 1. The number of ether oxygens (including phenoxy) is 2. The van der Waals surface area contributed by atoms with E-state index in [1.54, 1.807) is 24.0 Å². The summed E-state index contributed by atoms with van der Waals surface area (Å²) in [6.07, 6.45) is -0.482. The third-order valence-corrected chi connectivity index (χ3v) is 3.92. The van der Waals surface area contributed by atoms with Crippen molar-refractivity contribution in [1.29, 1.82) is 0 Å². The first-order valence-corrected chi connectivity index (χ1v) is 7.22. The maximum absolute atomic E-state index is 12.4. The molecule has 2 unspecified atom stereocenters. The number of rotatable bonds is 2. The first kappa shape index (κ1) is 14.2. The molecule has 0 saturated carbocycles. The van der Waals surface area contributed by atoms with Crippen LogP contribution < -0.4 is 15.4 Å². The highest BCUT2D eigenvalue weighted by atomic mass is 16.5. The highest BCUT2D eigenvalue weighted by molar-refractivity contribution is 6.00. The Bertz CT molecular complexity index is 549. The summed E-state index contributed by atoms with van der Waals surface area (Å²) in [6, 6.07) is 5.38. The molecule has 0 aliphatic carbocycles. The van der Waals surface area contributed by atoms with Crippen LogP contribution in [0.25, 0.3) is 0 Å². The minimum Gasteiger partial charge on any atom is -0.479 e. The number of amides is 1. The molecule has 1 fully saturated rings. The molecule has 0 spiro atoms. The zero-order valence-electron chi connectivity index (χ0n) is 12.4. The quantitative estimate of drug-likeness (QED) is 0.813. The number of nitrogens with zero attached hydrogens (tertiary/aromatic N) is 2. The van der Waals surface area contributed by atoms with Gasteiger partial charge in [0.25, 0.3) is 5.91 Å². The van der Waals surface area contributed by atoms with Gasteiger partial charge < -0.3 is 25.0 Å². The average Bonchev–Trinajstić information content (AvgIpc) is 2.44. The second kappa shape index (κ2) is 5.54. The Morgan fingerprint density at radius 1 is 1.43 bits per heavy atom. The largest absolute Gasteiger partial charge is 0.479 e. The maximum Gasteiger partial charge on any atom is 0.267 e. The molecule has 2 atom stereocenters. The van der Waals surface area contributed by atoms with Gasteiger partial charge in [-0.3, -0.25) is 4.79 Å². The zero-order valence-corrected chi connectivity index (χ0v) is 12.4. The van der Waals surface area contributed by atoms with Crippen LogP contribution in [0, 0.1) is 0 Å². The van der Waals surface area contributed by atoms with Crippen LogP contribution in [0.3, 0.4) is 0 Å². The number of likely N-dealkylation sites (N-methyl/N-ethyl adjacent to an activating group) is 1. The van der Waals surface area contributed by atoms with Crippen molar-refractivity contribution in [2.24, 2.45) is 0 Å². The number of hydrogen-bond acceptors (Lipinski definition) is 5. The summed E-state index contributed by atoms with van der Waals surface area (Å²) in [5.41, 5.74) is 7.19. The molecule has 2 heterocycles. The molecule has 1 saturated heterocycles. The van der Waals surface area contributed by atoms with Gasteiger partial charge in [-0.2, -0.15) is 0 Å². The SMILES string of the molecule is CC1Oc2cc(N)ccc2N(CC2CN(C)CCO2)C1=O. The van der Waals surface area contributed by atoms with Gasteiger partial charge in [0.05, 0.1) is 24.9 Å². The molecule has 114 valence electrons. The number of carbonyl (C=O) groups is 1. The van der Waals surface area contributed by atoms with Crippen molar-refractivity contribution < 1.29 is 14.3 Å². The smallest absolute Gasteiger partial charge is 0.267 e. The average molecular weight is 291 g/mol. The number of nitrogen functional groups attached to an aromatic ring is 1. The van der Waals surface area contributed by atoms with Gasteiger partial charge >= 0.3 is 0 Å². The van der Waals surface area contributed by atoms with Gasteiger partial charge in [0.1, 0.15) is 5.75 Å². The first-order chi connectivity index (χ1) is 10.0. The predicted molar refractivity (Wildman–Crippen MR) is 80.5 cm³/mol. The third kappa shape index (κ3) is 2.82. The van der Waals surface area contributed by atoms with Gasteiger partial charge in [-0.15, -0.1) is 0 Å². The summed E-state index contributed by atoms with van der Waals surface area (Å²) in [4.78, 5) is 16.4. The number of benzene rings is 1. The van der Waals surface area contributed by atoms with Gasteiger partial charge in [-0.1, -0.05) is 0 Å². The molecule has 2 aliphatic heterocycles. The molecule has 1 amide bonds. The van der Waals surface area contributed by atoms with Crippen LogP contribution in [0.15, 0.2) is 18.2 Å². The fraction of sp³-hybridized carbons (Fsp3) is 0.533. The van der Waals surface area contributed by atoms with E-state index >= 15 is 0 Å². The van der Waals surface area contributed by atoms with Crippen molar-refractivity contribution in [3.8, 4) is 5.75 Å². The van der Waals surface area contributed by atoms with E-state index in [2.05, 4.69) is 11.9 Å². The minimum atomic E-state index is -0.499. The lowest BCUT2D eigenvalue weighted by Gasteiger charge is -2.37. The number of morpholine rings is 1. The standard InChI is InChI=1S/C15H21N3O3/c1-10-15(19)18(9-12-8-17(2)5-6-20-12)13-4-3-11(16)7-14(13)21-10/h3-4,7,10,12H,5-6,8-9,16H2,1-2H3. The van der Waals surface area contributed by atoms with Crippen LogP contribution in [0.5, 0.6) is 5.75 Å². The molecule has 3 rings (SSSR count). The molecule has 1 aromatic carbocycles. The molecule has 0 aromatic heterocycles. The number of fused-ring (bicyclic) bond motifs is 1. The molecule has 0 radical (unpaired) electrons. The molecule has 2 N–H and O–H groups in total. The summed E-state index contributed by atoms with van der Waals surface area (Å²) in [7, 11) is 2.06. The predicted octanol–water partition coefficient (Wildman–Crippen LogP) is 0.713. The second-order valence-electron chi connectivity index (χ2n) is 5.69. The maximum atomic E-state index is 12.4. The van der Waals surface area contributed by atoms with Crippen LogP contribution in [0.4, 0.5) is 11.4 Å². The van der Waals surface area contributed by atoms with Crippen molar-refractivity contribution in [2.75, 3.05) is 43.9 Å². The van der Waals surface area contributed by atoms with E-state index in [4.69, 9.17) is 15.2 Å². The molecule has 0 bridgehead atoms. The highest BCUT2D eigenvalue weighted by Crippen LogP contribution is 2.35. The lowest BCUT2D eigenvalue weighted by Crippen LogP contribution is -2.51. The molecular weight excluding hydrogens is 270 g/mol. The van der Waals surface area contributed by atoms with Crippen LogP contribution in [0.2, 0.25) is 0 Å². The van der Waals surface area contributed by atoms with Crippen molar-refractivity contribution >= 4 is 17.3 Å². The van der Waals surface area contributed by atoms with E-state index in [9.17, 15) is 4.79 Å². The van der Waals surface area contributed by atoms with Crippen molar-refractivity contribution in [2.45, 2.75) is 19.1 Å². The summed E-state index contributed by atoms with van der Waals surface area (Å²) in [5, 5.41) is 0. The summed E-state index contributed by atoms with van der Waals surface area (Å²) in [5.74, 6) is 0.621.